The Morgan fingerprint density at radius 1 is 0.464 bits per heavy atom. The van der Waals surface area contributed by atoms with Crippen molar-refractivity contribution in [3.05, 3.63) is 205 Å². The van der Waals surface area contributed by atoms with Crippen molar-refractivity contribution in [1.82, 2.24) is 9.55 Å². The number of anilines is 1. The Bertz CT molecular complexity index is 3010. The predicted molar refractivity (Wildman–Crippen MR) is 224 cm³/mol. The van der Waals surface area contributed by atoms with E-state index in [1.165, 1.54) is 4.90 Å². The van der Waals surface area contributed by atoms with Crippen LogP contribution in [0.2, 0.25) is 0 Å². The maximum absolute atomic E-state index is 15.3. The Kier molecular flexibility index (Phi) is 7.72. The molecule has 0 bridgehead atoms. The fraction of sp³-hybridized carbons (Fsp3) is 0. The maximum Gasteiger partial charge on any atom is 0.270 e. The van der Waals surface area contributed by atoms with Gasteiger partial charge >= 0.3 is 0 Å². The van der Waals surface area contributed by atoms with Crippen molar-refractivity contribution < 1.29 is 9.59 Å². The van der Waals surface area contributed by atoms with Crippen LogP contribution in [0.1, 0.15) is 20.7 Å². The van der Waals surface area contributed by atoms with E-state index in [1.807, 2.05) is 133 Å². The fourth-order valence-corrected chi connectivity index (χ4v) is 8.04. The van der Waals surface area contributed by atoms with Crippen LogP contribution in [0.3, 0.4) is 0 Å². The molecule has 262 valence electrons. The second-order valence-corrected chi connectivity index (χ2v) is 13.7. The van der Waals surface area contributed by atoms with Gasteiger partial charge in [-0.3, -0.25) is 9.59 Å². The number of hydrogen-bond donors (Lipinski definition) is 0. The molecule has 0 saturated heterocycles. The monoisotopic (exact) mass is 718 g/mol. The van der Waals surface area contributed by atoms with Gasteiger partial charge in [0.05, 0.1) is 33.5 Å². The first-order valence-electron chi connectivity index (χ1n) is 18.3. The second-order valence-electron chi connectivity index (χ2n) is 13.7. The zero-order valence-electron chi connectivity index (χ0n) is 29.9. The van der Waals surface area contributed by atoms with Gasteiger partial charge in [-0.15, -0.1) is 4.98 Å². The third-order valence-electron chi connectivity index (χ3n) is 10.6. The third-order valence-corrected chi connectivity index (χ3v) is 10.6. The number of benzene rings is 7. The van der Waals surface area contributed by atoms with Crippen molar-refractivity contribution in [2.45, 2.75) is 0 Å². The summed E-state index contributed by atoms with van der Waals surface area (Å²) in [5, 5.41) is 1.96. The van der Waals surface area contributed by atoms with Crippen LogP contribution in [0.15, 0.2) is 182 Å². The smallest absolute Gasteiger partial charge is 0.270 e. The minimum absolute atomic E-state index is 0.332. The molecule has 0 atom stereocenters. The molecule has 0 unspecified atom stereocenters. The predicted octanol–water partition coefficient (Wildman–Crippen LogP) is 12.2. The van der Waals surface area contributed by atoms with E-state index < -0.39 is 0 Å². The first-order chi connectivity index (χ1) is 27.6. The fourth-order valence-electron chi connectivity index (χ4n) is 8.04. The summed E-state index contributed by atoms with van der Waals surface area (Å²) in [5.74, 6) is -0.425. The summed E-state index contributed by atoms with van der Waals surface area (Å²) in [6, 6.07) is 59.4. The van der Waals surface area contributed by atoms with E-state index in [0.29, 0.717) is 34.0 Å². The lowest BCUT2D eigenvalue weighted by Gasteiger charge is -2.24. The van der Waals surface area contributed by atoms with Gasteiger partial charge in [0.15, 0.2) is 5.69 Å². The summed E-state index contributed by atoms with van der Waals surface area (Å²) < 4.78 is 2.08. The van der Waals surface area contributed by atoms with Crippen molar-refractivity contribution in [2.24, 2.45) is 0 Å². The number of imide groups is 1. The number of para-hydroxylation sites is 1. The lowest BCUT2D eigenvalue weighted by Crippen LogP contribution is -2.30. The standard InChI is InChI=1S/C50H30N4O2/c1-51-46-26-14-23-42(52-46)35-27-28-44-41(29-35)37-21-11-12-24-43(37)53(44)45-25-13-22-38-47(45)50(56)54(49(38)55)48-39(33-17-7-3-8-18-33)30-36(32-15-5-2-6-16-32)31-40(48)34-19-9-4-10-20-34/h2-31H. The molecule has 0 radical (unpaired) electrons. The van der Waals surface area contributed by atoms with E-state index >= 15 is 4.79 Å². The van der Waals surface area contributed by atoms with E-state index in [1.54, 1.807) is 12.1 Å². The molecule has 2 aromatic heterocycles. The molecule has 0 aliphatic carbocycles. The number of fused-ring (bicyclic) bond motifs is 4. The van der Waals surface area contributed by atoms with E-state index in [-0.39, 0.29) is 11.8 Å². The zero-order valence-corrected chi connectivity index (χ0v) is 29.9. The van der Waals surface area contributed by atoms with Crippen molar-refractivity contribution in [2.75, 3.05) is 4.90 Å². The first-order valence-corrected chi connectivity index (χ1v) is 18.3. The van der Waals surface area contributed by atoms with Gasteiger partial charge in [0.2, 0.25) is 0 Å². The molecule has 0 spiro atoms. The molecular weight excluding hydrogens is 689 g/mol. The van der Waals surface area contributed by atoms with Gasteiger partial charge in [-0.1, -0.05) is 128 Å². The SMILES string of the molecule is [C-]#[N+]c1cccc(-c2ccc3c(c2)c2ccccc2n3-c2cccc3c2C(=O)N(c2c(-c4ccccc4)cc(-c4ccccc4)cc2-c2ccccc2)C3=O)n1. The van der Waals surface area contributed by atoms with Crippen LogP contribution in [0.25, 0.3) is 77.0 Å². The van der Waals surface area contributed by atoms with Crippen LogP contribution >= 0.6 is 0 Å². The van der Waals surface area contributed by atoms with Gasteiger partial charge in [-0.25, -0.2) is 4.90 Å². The van der Waals surface area contributed by atoms with E-state index in [4.69, 9.17) is 6.57 Å². The minimum atomic E-state index is -0.384. The van der Waals surface area contributed by atoms with Gasteiger partial charge in [0.1, 0.15) is 0 Å². The summed E-state index contributed by atoms with van der Waals surface area (Å²) in [7, 11) is 0. The van der Waals surface area contributed by atoms with Crippen LogP contribution in [0.4, 0.5) is 11.5 Å². The molecule has 0 fully saturated rings. The Morgan fingerprint density at radius 3 is 1.75 bits per heavy atom. The van der Waals surface area contributed by atoms with Crippen LogP contribution in [0, 0.1) is 6.57 Å². The van der Waals surface area contributed by atoms with Crippen molar-refractivity contribution in [1.29, 1.82) is 0 Å². The van der Waals surface area contributed by atoms with Crippen LogP contribution in [-0.2, 0) is 0 Å². The van der Waals surface area contributed by atoms with Gasteiger partial charge in [0, 0.05) is 27.5 Å². The van der Waals surface area contributed by atoms with E-state index in [0.717, 1.165) is 60.8 Å². The molecule has 6 heteroatoms. The zero-order chi connectivity index (χ0) is 37.8. The summed E-state index contributed by atoms with van der Waals surface area (Å²) >= 11 is 0. The number of hydrogen-bond acceptors (Lipinski definition) is 3. The van der Waals surface area contributed by atoms with Crippen LogP contribution in [0.5, 0.6) is 0 Å². The summed E-state index contributed by atoms with van der Waals surface area (Å²) in [6.07, 6.45) is 0. The molecular formula is C50H30N4O2. The maximum atomic E-state index is 15.3. The molecule has 3 heterocycles. The van der Waals surface area contributed by atoms with Crippen LogP contribution in [-0.4, -0.2) is 21.4 Å². The van der Waals surface area contributed by atoms with Gasteiger partial charge in [-0.2, -0.15) is 0 Å². The highest BCUT2D eigenvalue weighted by Crippen LogP contribution is 2.47. The Balaban J connectivity index is 1.20. The summed E-state index contributed by atoms with van der Waals surface area (Å²) in [6.45, 7) is 7.46. The normalized spacial score (nSPS) is 12.3. The number of pyridine rings is 1. The average molecular weight is 719 g/mol. The molecule has 0 saturated carbocycles. The summed E-state index contributed by atoms with van der Waals surface area (Å²) in [5.41, 5.74) is 10.6. The Morgan fingerprint density at radius 2 is 1.07 bits per heavy atom. The van der Waals surface area contributed by atoms with Gasteiger partial charge in [0.25, 0.3) is 17.6 Å². The van der Waals surface area contributed by atoms with E-state index in [9.17, 15) is 4.79 Å². The topological polar surface area (TPSA) is 59.6 Å². The Labute approximate surface area is 323 Å². The highest BCUT2D eigenvalue weighted by atomic mass is 16.2. The average Bonchev–Trinajstić information content (AvgIpc) is 3.73. The second kappa shape index (κ2) is 13.2. The van der Waals surface area contributed by atoms with Crippen molar-refractivity contribution >= 4 is 45.1 Å². The van der Waals surface area contributed by atoms with Gasteiger partial charge < -0.3 is 9.41 Å². The number of aromatic nitrogens is 2. The lowest BCUT2D eigenvalue weighted by molar-refractivity contribution is 0.0926. The number of carbonyl (C=O) groups excluding carboxylic acids is 2. The number of nitrogens with zero attached hydrogens (tertiary/aromatic N) is 4. The molecule has 10 rings (SSSR count). The largest absolute Gasteiger partial charge is 0.361 e. The molecule has 1 aliphatic heterocycles. The van der Waals surface area contributed by atoms with Gasteiger partial charge in [-0.05, 0) is 82.9 Å². The van der Waals surface area contributed by atoms with Crippen LogP contribution < -0.4 is 4.90 Å². The van der Waals surface area contributed by atoms with Crippen molar-refractivity contribution in [3.8, 4) is 50.3 Å². The Hall–Kier alpha value is -7.88. The molecule has 7 aromatic carbocycles. The lowest BCUT2D eigenvalue weighted by atomic mass is 9.90. The quantitative estimate of drug-likeness (QED) is 0.127. The molecule has 1 aliphatic rings. The van der Waals surface area contributed by atoms with Crippen molar-refractivity contribution in [3.63, 3.8) is 0 Å². The third kappa shape index (κ3) is 5.22. The first kappa shape index (κ1) is 32.7. The molecule has 0 N–H and O–H groups in total. The minimum Gasteiger partial charge on any atom is -0.361 e. The molecule has 2 amide bonds. The number of amides is 2. The molecule has 56 heavy (non-hydrogen) atoms. The van der Waals surface area contributed by atoms with E-state index in [2.05, 4.69) is 50.8 Å². The number of carbonyl (C=O) groups is 2. The highest BCUT2D eigenvalue weighted by Gasteiger charge is 2.41. The summed E-state index contributed by atoms with van der Waals surface area (Å²) in [4.78, 5) is 39.6. The highest BCUT2D eigenvalue weighted by molar-refractivity contribution is 6.37. The molecule has 9 aromatic rings. The molecule has 6 nitrogen and oxygen atoms in total. The number of rotatable bonds is 6.